The molecule has 186 valence electrons. The topological polar surface area (TPSA) is 64.1 Å². The molecule has 5 nitrogen and oxygen atoms in total. The number of nitrogens with one attached hydrogen (secondary N) is 1. The van der Waals surface area contributed by atoms with Gasteiger partial charge in [0.15, 0.2) is 5.82 Å². The highest BCUT2D eigenvalue weighted by Crippen LogP contribution is 2.61. The number of carbonyl (C=O) groups is 1. The number of anilines is 1. The zero-order valence-corrected chi connectivity index (χ0v) is 22.3. The highest BCUT2D eigenvalue weighted by atomic mass is 79.9. The molecule has 1 amide bonds. The molecule has 1 heterocycles. The smallest absolute Gasteiger partial charge is 0.229 e. The Balaban J connectivity index is 1.29. The Morgan fingerprint density at radius 3 is 2.25 bits per heavy atom. The fourth-order valence-electron chi connectivity index (χ4n) is 7.38. The van der Waals surface area contributed by atoms with Crippen molar-refractivity contribution in [2.24, 2.45) is 23.2 Å². The summed E-state index contributed by atoms with van der Waals surface area (Å²) in [6.07, 6.45) is 11.1. The van der Waals surface area contributed by atoms with Crippen LogP contribution in [0.15, 0.2) is 59.2 Å². The van der Waals surface area contributed by atoms with E-state index < -0.39 is 0 Å². The van der Waals surface area contributed by atoms with E-state index in [2.05, 4.69) is 21.2 Å². The Morgan fingerprint density at radius 2 is 1.64 bits per heavy atom. The van der Waals surface area contributed by atoms with E-state index in [4.69, 9.17) is 14.7 Å². The summed E-state index contributed by atoms with van der Waals surface area (Å²) in [5.74, 6) is 3.97. The van der Waals surface area contributed by atoms with E-state index in [9.17, 15) is 4.79 Å². The zero-order chi connectivity index (χ0) is 24.7. The van der Waals surface area contributed by atoms with Crippen molar-refractivity contribution in [3.05, 3.63) is 70.5 Å². The van der Waals surface area contributed by atoms with Crippen LogP contribution >= 0.6 is 15.9 Å². The van der Waals surface area contributed by atoms with Gasteiger partial charge in [0.25, 0.3) is 0 Å². The van der Waals surface area contributed by atoms with Crippen LogP contribution < -0.4 is 10.1 Å². The standard InChI is InChI=1S/C30H32BrN3O2/c1-36-25-8-4-23(5-9-25)27-18-32-29(34-28(35)13-19-2-6-24(31)7-3-19)26(33-27)17-30-14-20-10-21(15-30)12-22(11-20)16-30/h2-9,18,20-22H,10-17H2,1H3,(H,32,34,35). The minimum atomic E-state index is -0.0596. The van der Waals surface area contributed by atoms with Crippen LogP contribution in [0.2, 0.25) is 0 Å². The second-order valence-corrected chi connectivity index (χ2v) is 12.1. The molecule has 4 fully saturated rings. The molecule has 4 aliphatic carbocycles. The monoisotopic (exact) mass is 545 g/mol. The Bertz CT molecular complexity index is 1220. The second kappa shape index (κ2) is 9.62. The molecular weight excluding hydrogens is 514 g/mol. The Labute approximate surface area is 221 Å². The lowest BCUT2D eigenvalue weighted by atomic mass is 9.48. The van der Waals surface area contributed by atoms with Gasteiger partial charge in [0.2, 0.25) is 5.91 Å². The van der Waals surface area contributed by atoms with Gasteiger partial charge in [-0.1, -0.05) is 28.1 Å². The fraction of sp³-hybridized carbons (Fsp3) is 0.433. The number of carbonyl (C=O) groups excluding carboxylic acids is 1. The molecule has 7 rings (SSSR count). The van der Waals surface area contributed by atoms with Crippen molar-refractivity contribution in [1.82, 2.24) is 9.97 Å². The van der Waals surface area contributed by atoms with Crippen molar-refractivity contribution < 1.29 is 9.53 Å². The Kier molecular flexibility index (Phi) is 6.32. The summed E-state index contributed by atoms with van der Waals surface area (Å²) in [6, 6.07) is 15.8. The molecule has 0 unspecified atom stereocenters. The predicted molar refractivity (Wildman–Crippen MR) is 145 cm³/mol. The van der Waals surface area contributed by atoms with Crippen molar-refractivity contribution in [1.29, 1.82) is 0 Å². The molecule has 2 aromatic carbocycles. The van der Waals surface area contributed by atoms with E-state index in [1.165, 1.54) is 38.5 Å². The number of hydrogen-bond donors (Lipinski definition) is 1. The number of rotatable bonds is 7. The lowest BCUT2D eigenvalue weighted by Crippen LogP contribution is -2.47. The van der Waals surface area contributed by atoms with Crippen LogP contribution in [0, 0.1) is 23.2 Å². The van der Waals surface area contributed by atoms with E-state index in [0.717, 1.165) is 56.9 Å². The van der Waals surface area contributed by atoms with Crippen LogP contribution in [-0.2, 0) is 17.6 Å². The number of amides is 1. The van der Waals surface area contributed by atoms with E-state index in [-0.39, 0.29) is 5.91 Å². The molecule has 1 aromatic heterocycles. The van der Waals surface area contributed by atoms with Crippen molar-refractivity contribution in [3.8, 4) is 17.0 Å². The minimum absolute atomic E-state index is 0.0596. The van der Waals surface area contributed by atoms with Crippen molar-refractivity contribution in [2.45, 2.75) is 51.4 Å². The molecule has 3 aromatic rings. The summed E-state index contributed by atoms with van der Waals surface area (Å²) < 4.78 is 6.32. The average molecular weight is 547 g/mol. The highest BCUT2D eigenvalue weighted by Gasteiger charge is 2.51. The molecule has 36 heavy (non-hydrogen) atoms. The first-order valence-corrected chi connectivity index (χ1v) is 13.8. The Morgan fingerprint density at radius 1 is 1.00 bits per heavy atom. The third-order valence-electron chi connectivity index (χ3n) is 8.47. The van der Waals surface area contributed by atoms with Gasteiger partial charge in [-0.3, -0.25) is 4.79 Å². The maximum atomic E-state index is 13.0. The van der Waals surface area contributed by atoms with Crippen LogP contribution in [0.25, 0.3) is 11.3 Å². The predicted octanol–water partition coefficient (Wildman–Crippen LogP) is 6.85. The average Bonchev–Trinajstić information content (AvgIpc) is 2.85. The molecular formula is C30H32BrN3O2. The SMILES string of the molecule is COc1ccc(-c2cnc(NC(=O)Cc3ccc(Br)cc3)c(CC34CC5CC(CC(C5)C3)C4)n2)cc1. The number of methoxy groups -OCH3 is 1. The number of aromatic nitrogens is 2. The number of nitrogens with zero attached hydrogens (tertiary/aromatic N) is 2. The van der Waals surface area contributed by atoms with Crippen LogP contribution in [0.5, 0.6) is 5.75 Å². The molecule has 0 spiro atoms. The molecule has 0 saturated heterocycles. The van der Waals surface area contributed by atoms with Gasteiger partial charge < -0.3 is 10.1 Å². The van der Waals surface area contributed by atoms with Crippen LogP contribution in [0.3, 0.4) is 0 Å². The number of ether oxygens (including phenoxy) is 1. The summed E-state index contributed by atoms with van der Waals surface area (Å²) in [6.45, 7) is 0. The lowest BCUT2D eigenvalue weighted by Gasteiger charge is -2.57. The van der Waals surface area contributed by atoms with E-state index in [1.54, 1.807) is 13.3 Å². The molecule has 4 bridgehead atoms. The Hall–Kier alpha value is -2.73. The normalized spacial score (nSPS) is 26.1. The van der Waals surface area contributed by atoms with Gasteiger partial charge in [0, 0.05) is 10.0 Å². The van der Waals surface area contributed by atoms with Gasteiger partial charge in [-0.15, -0.1) is 0 Å². The first-order valence-electron chi connectivity index (χ1n) is 13.0. The summed E-state index contributed by atoms with van der Waals surface area (Å²) in [7, 11) is 1.67. The quantitative estimate of drug-likeness (QED) is 0.352. The summed E-state index contributed by atoms with van der Waals surface area (Å²) in [4.78, 5) is 22.9. The van der Waals surface area contributed by atoms with Crippen LogP contribution in [0.4, 0.5) is 5.82 Å². The molecule has 4 aliphatic rings. The molecule has 6 heteroatoms. The zero-order valence-electron chi connectivity index (χ0n) is 20.7. The van der Waals surface area contributed by atoms with E-state index >= 15 is 0 Å². The largest absolute Gasteiger partial charge is 0.497 e. The van der Waals surface area contributed by atoms with Gasteiger partial charge in [-0.05, 0) is 110 Å². The van der Waals surface area contributed by atoms with Gasteiger partial charge >= 0.3 is 0 Å². The summed E-state index contributed by atoms with van der Waals surface area (Å²) >= 11 is 3.46. The third kappa shape index (κ3) is 4.93. The molecule has 0 aliphatic heterocycles. The van der Waals surface area contributed by atoms with E-state index in [0.29, 0.717) is 17.7 Å². The molecule has 1 N–H and O–H groups in total. The third-order valence-corrected chi connectivity index (χ3v) is 9.00. The molecule has 0 atom stereocenters. The first kappa shape index (κ1) is 23.7. The number of hydrogen-bond acceptors (Lipinski definition) is 4. The van der Waals surface area contributed by atoms with Gasteiger partial charge in [-0.25, -0.2) is 9.97 Å². The van der Waals surface area contributed by atoms with Gasteiger partial charge in [0.1, 0.15) is 5.75 Å². The van der Waals surface area contributed by atoms with Gasteiger partial charge in [0.05, 0.1) is 31.1 Å². The second-order valence-electron chi connectivity index (χ2n) is 11.2. The number of halogens is 1. The van der Waals surface area contributed by atoms with Crippen LogP contribution in [-0.4, -0.2) is 23.0 Å². The molecule has 0 radical (unpaired) electrons. The van der Waals surface area contributed by atoms with Crippen LogP contribution in [0.1, 0.15) is 49.8 Å². The maximum absolute atomic E-state index is 13.0. The summed E-state index contributed by atoms with van der Waals surface area (Å²) in [5.41, 5.74) is 4.04. The number of benzene rings is 2. The maximum Gasteiger partial charge on any atom is 0.229 e. The minimum Gasteiger partial charge on any atom is -0.497 e. The lowest BCUT2D eigenvalue weighted by molar-refractivity contribution is -0.115. The van der Waals surface area contributed by atoms with Crippen molar-refractivity contribution >= 4 is 27.7 Å². The van der Waals surface area contributed by atoms with E-state index in [1.807, 2.05) is 48.5 Å². The van der Waals surface area contributed by atoms with Gasteiger partial charge in [-0.2, -0.15) is 0 Å². The summed E-state index contributed by atoms with van der Waals surface area (Å²) in [5, 5.41) is 3.11. The van der Waals surface area contributed by atoms with Crippen molar-refractivity contribution in [3.63, 3.8) is 0 Å². The highest BCUT2D eigenvalue weighted by molar-refractivity contribution is 9.10. The fourth-order valence-corrected chi connectivity index (χ4v) is 7.65. The first-order chi connectivity index (χ1) is 17.5. The van der Waals surface area contributed by atoms with Crippen molar-refractivity contribution in [2.75, 3.05) is 12.4 Å². The molecule has 4 saturated carbocycles.